The molecule has 0 unspecified atom stereocenters. The summed E-state index contributed by atoms with van der Waals surface area (Å²) in [5, 5.41) is 15.0. The molecular weight excluding hydrogens is 456 g/mol. The van der Waals surface area contributed by atoms with E-state index < -0.39 is 14.9 Å². The van der Waals surface area contributed by atoms with E-state index in [9.17, 15) is 18.5 Å². The Balaban J connectivity index is 0.00000289. The number of nitrogens with zero attached hydrogens (tertiary/aromatic N) is 3. The lowest BCUT2D eigenvalue weighted by Gasteiger charge is -2.09. The first-order valence-electron chi connectivity index (χ1n) is 9.27. The quantitative estimate of drug-likeness (QED) is 0.316. The molecule has 0 saturated carbocycles. The summed E-state index contributed by atoms with van der Waals surface area (Å²) in [4.78, 5) is 14.7. The Bertz CT molecular complexity index is 1370. The summed E-state index contributed by atoms with van der Waals surface area (Å²) in [7, 11) is -2.14. The molecule has 2 heterocycles. The summed E-state index contributed by atoms with van der Waals surface area (Å²) >= 11 is 0. The number of aromatic nitrogens is 2. The molecule has 0 aliphatic rings. The van der Waals surface area contributed by atoms with Crippen LogP contribution in [0.2, 0.25) is 0 Å². The van der Waals surface area contributed by atoms with Crippen molar-refractivity contribution in [1.29, 1.82) is 0 Å². The van der Waals surface area contributed by atoms with E-state index in [4.69, 9.17) is 4.74 Å². The minimum Gasteiger partial charge on any atom is -0.450 e. The predicted molar refractivity (Wildman–Crippen MR) is 122 cm³/mol. The van der Waals surface area contributed by atoms with Gasteiger partial charge in [-0.1, -0.05) is 12.1 Å². The van der Waals surface area contributed by atoms with E-state index in [-0.39, 0.29) is 34.5 Å². The molecule has 0 aliphatic carbocycles. The van der Waals surface area contributed by atoms with Gasteiger partial charge in [-0.25, -0.2) is 12.4 Å². The van der Waals surface area contributed by atoms with Crippen LogP contribution in [0.15, 0.2) is 78.1 Å². The van der Waals surface area contributed by atoms with Crippen molar-refractivity contribution in [3.63, 3.8) is 0 Å². The van der Waals surface area contributed by atoms with E-state index in [0.717, 1.165) is 10.9 Å². The molecule has 166 valence electrons. The van der Waals surface area contributed by atoms with Crippen molar-refractivity contribution in [3.05, 3.63) is 88.9 Å². The number of nitro groups is 1. The summed E-state index contributed by atoms with van der Waals surface area (Å²) in [6, 6.07) is 14.0. The number of rotatable bonds is 7. The molecule has 2 aromatic carbocycles. The summed E-state index contributed by atoms with van der Waals surface area (Å²) in [5.74, 6) is 0.342. The van der Waals surface area contributed by atoms with Crippen LogP contribution in [0, 0.1) is 10.1 Å². The minimum atomic E-state index is -3.91. The zero-order valence-corrected chi connectivity index (χ0v) is 18.5. The van der Waals surface area contributed by atoms with E-state index in [1.807, 2.05) is 0 Å². The summed E-state index contributed by atoms with van der Waals surface area (Å²) in [5.41, 5.74) is 0.990. The first-order valence-corrected chi connectivity index (χ1v) is 10.7. The third-order valence-electron chi connectivity index (χ3n) is 4.67. The molecule has 0 atom stereocenters. The fraction of sp³-hybridized carbons (Fsp3) is 0.0952. The summed E-state index contributed by atoms with van der Waals surface area (Å²) < 4.78 is 33.4. The normalized spacial score (nSPS) is 11.2. The van der Waals surface area contributed by atoms with Crippen LogP contribution in [0.4, 0.5) is 5.69 Å². The number of ether oxygens (including phenoxy) is 1. The smallest absolute Gasteiger partial charge is 0.311 e. The van der Waals surface area contributed by atoms with E-state index >= 15 is 0 Å². The molecule has 0 bridgehead atoms. The topological polar surface area (TPSA) is 116 Å². The average molecular weight is 475 g/mol. The van der Waals surface area contributed by atoms with Gasteiger partial charge in [-0.05, 0) is 42.9 Å². The van der Waals surface area contributed by atoms with Gasteiger partial charge in [-0.3, -0.25) is 15.1 Å². The van der Waals surface area contributed by atoms with Gasteiger partial charge in [0.2, 0.25) is 5.75 Å². The lowest BCUT2D eigenvalue weighted by atomic mass is 10.1. The molecule has 32 heavy (non-hydrogen) atoms. The Labute approximate surface area is 190 Å². The number of para-hydroxylation sites is 2. The third-order valence-corrected chi connectivity index (χ3v) is 6.33. The Morgan fingerprint density at radius 3 is 2.62 bits per heavy atom. The molecule has 0 spiro atoms. The molecule has 0 aliphatic heterocycles. The van der Waals surface area contributed by atoms with Gasteiger partial charge < -0.3 is 10.1 Å². The highest BCUT2D eigenvalue weighted by Crippen LogP contribution is 2.34. The predicted octanol–water partition coefficient (Wildman–Crippen LogP) is 4.12. The molecule has 11 heteroatoms. The van der Waals surface area contributed by atoms with Gasteiger partial charge >= 0.3 is 5.69 Å². The Morgan fingerprint density at radius 2 is 1.94 bits per heavy atom. The first kappa shape index (κ1) is 23.2. The van der Waals surface area contributed by atoms with Crippen LogP contribution in [-0.4, -0.2) is 29.3 Å². The largest absolute Gasteiger partial charge is 0.450 e. The van der Waals surface area contributed by atoms with Gasteiger partial charge in [0.15, 0.2) is 0 Å². The fourth-order valence-electron chi connectivity index (χ4n) is 3.27. The van der Waals surface area contributed by atoms with Gasteiger partial charge in [-0.15, -0.1) is 12.4 Å². The van der Waals surface area contributed by atoms with Gasteiger partial charge in [-0.2, -0.15) is 0 Å². The van der Waals surface area contributed by atoms with Gasteiger partial charge in [0.05, 0.1) is 10.4 Å². The molecule has 0 saturated heterocycles. The number of nitro benzene ring substituents is 1. The van der Waals surface area contributed by atoms with Gasteiger partial charge in [0.1, 0.15) is 10.6 Å². The number of halogens is 1. The van der Waals surface area contributed by atoms with Crippen LogP contribution in [0.25, 0.3) is 10.9 Å². The van der Waals surface area contributed by atoms with Gasteiger partial charge in [0.25, 0.3) is 10.0 Å². The van der Waals surface area contributed by atoms with E-state index in [1.54, 1.807) is 49.6 Å². The van der Waals surface area contributed by atoms with Crippen molar-refractivity contribution in [2.24, 2.45) is 0 Å². The van der Waals surface area contributed by atoms with Crippen molar-refractivity contribution >= 4 is 39.0 Å². The third kappa shape index (κ3) is 4.28. The maximum Gasteiger partial charge on any atom is 0.311 e. The zero-order valence-electron chi connectivity index (χ0n) is 16.8. The number of pyridine rings is 1. The molecular formula is C21H19ClN4O5S. The Hall–Kier alpha value is -3.47. The van der Waals surface area contributed by atoms with Crippen LogP contribution >= 0.6 is 12.4 Å². The number of hydrogen-bond donors (Lipinski definition) is 1. The molecule has 1 N–H and O–H groups in total. The van der Waals surface area contributed by atoms with Crippen molar-refractivity contribution < 1.29 is 18.1 Å². The number of benzene rings is 2. The highest BCUT2D eigenvalue weighted by atomic mass is 35.5. The molecule has 9 nitrogen and oxygen atoms in total. The van der Waals surface area contributed by atoms with E-state index in [1.165, 1.54) is 34.6 Å². The van der Waals surface area contributed by atoms with Crippen molar-refractivity contribution in [1.82, 2.24) is 14.3 Å². The second-order valence-electron chi connectivity index (χ2n) is 6.68. The van der Waals surface area contributed by atoms with Crippen LogP contribution in [0.1, 0.15) is 5.56 Å². The highest BCUT2D eigenvalue weighted by molar-refractivity contribution is 7.90. The lowest BCUT2D eigenvalue weighted by Crippen LogP contribution is -2.12. The molecule has 4 aromatic rings. The number of hydrogen-bond acceptors (Lipinski definition) is 7. The van der Waals surface area contributed by atoms with E-state index in [0.29, 0.717) is 12.1 Å². The SMILES string of the molecule is CNCc1cn(S(=O)(=O)c2cccnc2)c2cc(Oc3ccccc3[N+](=O)[O-])ccc12.Cl. The van der Waals surface area contributed by atoms with Crippen LogP contribution < -0.4 is 10.1 Å². The standard InChI is InChI=1S/C21H18N4O5S.ClH/c1-22-12-15-14-24(31(28,29)17-5-4-10-23-13-17)20-11-16(8-9-18(15)20)30-21-7-3-2-6-19(21)25(26)27;/h2-11,13-14,22H,12H2,1H3;1H. The Kier molecular flexibility index (Phi) is 6.78. The van der Waals surface area contributed by atoms with Crippen molar-refractivity contribution in [2.75, 3.05) is 7.05 Å². The second kappa shape index (κ2) is 9.35. The molecule has 4 rings (SSSR count). The lowest BCUT2D eigenvalue weighted by molar-refractivity contribution is -0.385. The molecule has 0 fully saturated rings. The summed E-state index contributed by atoms with van der Waals surface area (Å²) in [6.45, 7) is 0.455. The monoisotopic (exact) mass is 474 g/mol. The minimum absolute atomic E-state index is 0. The second-order valence-corrected chi connectivity index (χ2v) is 8.50. The van der Waals surface area contributed by atoms with Crippen LogP contribution in [0.5, 0.6) is 11.5 Å². The van der Waals surface area contributed by atoms with Crippen LogP contribution in [0.3, 0.4) is 0 Å². The maximum atomic E-state index is 13.3. The maximum absolute atomic E-state index is 13.3. The van der Waals surface area contributed by atoms with Crippen molar-refractivity contribution in [2.45, 2.75) is 11.4 Å². The van der Waals surface area contributed by atoms with Gasteiger partial charge in [0, 0.05) is 42.7 Å². The fourth-order valence-corrected chi connectivity index (χ4v) is 4.62. The van der Waals surface area contributed by atoms with Crippen molar-refractivity contribution in [3.8, 4) is 11.5 Å². The number of nitrogens with one attached hydrogen (secondary N) is 1. The van der Waals surface area contributed by atoms with Crippen LogP contribution in [-0.2, 0) is 16.6 Å². The zero-order chi connectivity index (χ0) is 22.0. The highest BCUT2D eigenvalue weighted by Gasteiger charge is 2.22. The first-order chi connectivity index (χ1) is 14.9. The molecule has 0 amide bonds. The molecule has 0 radical (unpaired) electrons. The van der Waals surface area contributed by atoms with E-state index in [2.05, 4.69) is 10.3 Å². The average Bonchev–Trinajstić information content (AvgIpc) is 3.13. The molecule has 2 aromatic heterocycles. The number of fused-ring (bicyclic) bond motifs is 1. The Morgan fingerprint density at radius 1 is 1.16 bits per heavy atom. The summed E-state index contributed by atoms with van der Waals surface area (Å²) in [6.07, 6.45) is 4.34.